The molecule has 0 radical (unpaired) electrons. The lowest BCUT2D eigenvalue weighted by molar-refractivity contribution is -0.125. The van der Waals surface area contributed by atoms with E-state index < -0.39 is 38.5 Å². The highest BCUT2D eigenvalue weighted by atomic mass is 35.5. The first-order chi connectivity index (χ1) is 14.8. The Morgan fingerprint density at radius 2 is 1.74 bits per heavy atom. The number of nitrogens with one attached hydrogen (secondary N) is 1. The van der Waals surface area contributed by atoms with Crippen LogP contribution in [0.15, 0.2) is 59.5 Å². The number of amides is 2. The molecule has 1 aliphatic heterocycles. The van der Waals surface area contributed by atoms with Crippen LogP contribution in [0.5, 0.6) is 0 Å². The lowest BCUT2D eigenvalue weighted by atomic mass is 10.1. The van der Waals surface area contributed by atoms with E-state index in [1.54, 1.807) is 42.5 Å². The lowest BCUT2D eigenvalue weighted by Gasteiger charge is -2.25. The van der Waals surface area contributed by atoms with E-state index in [9.17, 15) is 23.3 Å². The minimum Gasteiger partial charge on any atom is -0.336 e. The minimum absolute atomic E-state index is 0.0227. The molecule has 2 amide bonds. The molecule has 160 valence electrons. The van der Waals surface area contributed by atoms with Crippen molar-refractivity contribution in [2.45, 2.75) is 41.0 Å². The Balaban J connectivity index is 1.66. The van der Waals surface area contributed by atoms with Crippen LogP contribution in [0.2, 0.25) is 5.02 Å². The summed E-state index contributed by atoms with van der Waals surface area (Å²) in [6, 6.07) is 15.6. The van der Waals surface area contributed by atoms with Crippen LogP contribution in [0.1, 0.15) is 29.6 Å². The topological polar surface area (TPSA) is 107 Å². The maximum absolute atomic E-state index is 13.3. The van der Waals surface area contributed by atoms with Crippen molar-refractivity contribution in [3.05, 3.63) is 65.2 Å². The van der Waals surface area contributed by atoms with E-state index in [2.05, 4.69) is 11.4 Å². The number of hydrogen-bond acceptors (Lipinski definition) is 5. The van der Waals surface area contributed by atoms with Gasteiger partial charge in [-0.2, -0.15) is 5.26 Å². The van der Waals surface area contributed by atoms with Gasteiger partial charge in [-0.3, -0.25) is 9.59 Å². The fourth-order valence-corrected chi connectivity index (χ4v) is 6.02. The van der Waals surface area contributed by atoms with Gasteiger partial charge in [0, 0.05) is 12.1 Å². The smallest absolute Gasteiger partial charge is 0.254 e. The second kappa shape index (κ2) is 7.98. The molecule has 1 saturated heterocycles. The third kappa shape index (κ3) is 4.03. The molecule has 1 N–H and O–H groups in total. The Morgan fingerprint density at radius 1 is 1.10 bits per heavy atom. The number of sulfone groups is 1. The largest absolute Gasteiger partial charge is 0.336 e. The van der Waals surface area contributed by atoms with Crippen molar-refractivity contribution < 1.29 is 18.0 Å². The molecule has 2 fully saturated rings. The van der Waals surface area contributed by atoms with Gasteiger partial charge < -0.3 is 10.2 Å². The number of nitrogens with zero attached hydrogens (tertiary/aromatic N) is 2. The Labute approximate surface area is 185 Å². The first-order valence-electron chi connectivity index (χ1n) is 9.85. The van der Waals surface area contributed by atoms with Crippen LogP contribution in [-0.4, -0.2) is 48.5 Å². The second-order valence-electron chi connectivity index (χ2n) is 7.86. The quantitative estimate of drug-likeness (QED) is 0.742. The third-order valence-electron chi connectivity index (χ3n) is 5.76. The molecule has 31 heavy (non-hydrogen) atoms. The summed E-state index contributed by atoms with van der Waals surface area (Å²) in [5.74, 6) is -0.945. The van der Waals surface area contributed by atoms with Crippen molar-refractivity contribution in [1.82, 2.24) is 10.2 Å². The molecule has 2 atom stereocenters. The summed E-state index contributed by atoms with van der Waals surface area (Å²) in [6.07, 6.45) is 1.01. The summed E-state index contributed by atoms with van der Waals surface area (Å²) in [5.41, 5.74) is -0.560. The number of carbonyl (C=O) groups is 2. The zero-order valence-electron chi connectivity index (χ0n) is 16.5. The molecule has 2 unspecified atom stereocenters. The van der Waals surface area contributed by atoms with Crippen molar-refractivity contribution in [3.63, 3.8) is 0 Å². The molecule has 2 aromatic carbocycles. The SMILES string of the molecule is N#CC1(NC(=O)C2CC(S(=O)(=O)c3ccccc3Cl)CN2C(=O)c2ccccc2)CC1. The molecule has 0 aromatic heterocycles. The maximum Gasteiger partial charge on any atom is 0.254 e. The highest BCUT2D eigenvalue weighted by Gasteiger charge is 2.50. The molecule has 1 saturated carbocycles. The van der Waals surface area contributed by atoms with Gasteiger partial charge in [0.05, 0.1) is 21.2 Å². The van der Waals surface area contributed by atoms with E-state index in [0.717, 1.165) is 0 Å². The molecule has 2 aromatic rings. The van der Waals surface area contributed by atoms with Crippen molar-refractivity contribution in [2.24, 2.45) is 0 Å². The number of carbonyl (C=O) groups excluding carboxylic acids is 2. The lowest BCUT2D eigenvalue weighted by Crippen LogP contribution is -2.49. The predicted octanol–water partition coefficient (Wildman–Crippen LogP) is 2.57. The molecule has 2 aliphatic rings. The monoisotopic (exact) mass is 457 g/mol. The normalized spacial score (nSPS) is 21.9. The van der Waals surface area contributed by atoms with Gasteiger partial charge in [-0.05, 0) is 43.5 Å². The van der Waals surface area contributed by atoms with Crippen molar-refractivity contribution in [3.8, 4) is 6.07 Å². The number of rotatable bonds is 5. The molecule has 7 nitrogen and oxygen atoms in total. The van der Waals surface area contributed by atoms with Crippen LogP contribution in [0.3, 0.4) is 0 Å². The Hall–Kier alpha value is -2.89. The maximum atomic E-state index is 13.3. The van der Waals surface area contributed by atoms with Crippen LogP contribution in [0.25, 0.3) is 0 Å². The average Bonchev–Trinajstić information content (AvgIpc) is 3.39. The molecule has 1 heterocycles. The van der Waals surface area contributed by atoms with E-state index in [-0.39, 0.29) is 22.9 Å². The number of benzene rings is 2. The van der Waals surface area contributed by atoms with Gasteiger partial charge in [-0.15, -0.1) is 0 Å². The number of halogens is 1. The van der Waals surface area contributed by atoms with E-state index in [4.69, 9.17) is 11.6 Å². The average molecular weight is 458 g/mol. The van der Waals surface area contributed by atoms with Crippen molar-refractivity contribution in [1.29, 1.82) is 5.26 Å². The van der Waals surface area contributed by atoms with Gasteiger partial charge in [0.2, 0.25) is 5.91 Å². The molecule has 0 bridgehead atoms. The predicted molar refractivity (Wildman–Crippen MR) is 114 cm³/mol. The summed E-state index contributed by atoms with van der Waals surface area (Å²) in [5, 5.41) is 11.1. The molecule has 0 spiro atoms. The Kier molecular flexibility index (Phi) is 5.50. The van der Waals surface area contributed by atoms with Crippen LogP contribution in [0, 0.1) is 11.3 Å². The summed E-state index contributed by atoms with van der Waals surface area (Å²) in [6.45, 7) is -0.140. The Morgan fingerprint density at radius 3 is 2.35 bits per heavy atom. The standard InChI is InChI=1S/C22H20ClN3O4S/c23-17-8-4-5-9-19(17)31(29,30)16-12-18(20(27)25-22(14-24)10-11-22)26(13-16)21(28)15-6-2-1-3-7-15/h1-9,16,18H,10-13H2,(H,25,27). The van der Waals surface area contributed by atoms with Gasteiger partial charge in [-0.1, -0.05) is 41.9 Å². The molecular weight excluding hydrogens is 438 g/mol. The van der Waals surface area contributed by atoms with Crippen molar-refractivity contribution >= 4 is 33.3 Å². The van der Waals surface area contributed by atoms with Crippen LogP contribution in [-0.2, 0) is 14.6 Å². The van der Waals surface area contributed by atoms with Gasteiger partial charge >= 0.3 is 0 Å². The highest BCUT2D eigenvalue weighted by molar-refractivity contribution is 7.92. The summed E-state index contributed by atoms with van der Waals surface area (Å²) in [7, 11) is -3.89. The third-order valence-corrected chi connectivity index (χ3v) is 8.39. The Bertz CT molecular complexity index is 1170. The zero-order valence-corrected chi connectivity index (χ0v) is 18.1. The first kappa shape index (κ1) is 21.3. The van der Waals surface area contributed by atoms with E-state index in [1.165, 1.54) is 17.0 Å². The minimum atomic E-state index is -3.89. The van der Waals surface area contributed by atoms with E-state index in [1.807, 2.05) is 0 Å². The number of nitriles is 1. The first-order valence-corrected chi connectivity index (χ1v) is 11.8. The van der Waals surface area contributed by atoms with Crippen LogP contribution in [0.4, 0.5) is 0 Å². The van der Waals surface area contributed by atoms with Gasteiger partial charge in [0.1, 0.15) is 11.6 Å². The van der Waals surface area contributed by atoms with Crippen molar-refractivity contribution in [2.75, 3.05) is 6.54 Å². The molecule has 4 rings (SSSR count). The highest BCUT2D eigenvalue weighted by Crippen LogP contribution is 2.36. The molecule has 9 heteroatoms. The molecule has 1 aliphatic carbocycles. The van der Waals surface area contributed by atoms with Gasteiger partial charge in [-0.25, -0.2) is 8.42 Å². The number of likely N-dealkylation sites (tertiary alicyclic amines) is 1. The fourth-order valence-electron chi connectivity index (χ4n) is 3.81. The van der Waals surface area contributed by atoms with E-state index in [0.29, 0.717) is 18.4 Å². The van der Waals surface area contributed by atoms with Crippen LogP contribution < -0.4 is 5.32 Å². The van der Waals surface area contributed by atoms with Crippen LogP contribution >= 0.6 is 11.6 Å². The fraction of sp³-hybridized carbons (Fsp3) is 0.318. The summed E-state index contributed by atoms with van der Waals surface area (Å²) in [4.78, 5) is 27.4. The second-order valence-corrected chi connectivity index (χ2v) is 10.5. The molecular formula is C22H20ClN3O4S. The summed E-state index contributed by atoms with van der Waals surface area (Å²) < 4.78 is 26.6. The van der Waals surface area contributed by atoms with Gasteiger partial charge in [0.15, 0.2) is 9.84 Å². The van der Waals surface area contributed by atoms with E-state index >= 15 is 0 Å². The van der Waals surface area contributed by atoms with Gasteiger partial charge in [0.25, 0.3) is 5.91 Å². The number of hydrogen-bond donors (Lipinski definition) is 1. The summed E-state index contributed by atoms with van der Waals surface area (Å²) >= 11 is 6.12. The zero-order chi connectivity index (χ0) is 22.2.